The van der Waals surface area contributed by atoms with E-state index in [1.807, 2.05) is 30.7 Å². The van der Waals surface area contributed by atoms with Gasteiger partial charge in [-0.3, -0.25) is 10.1 Å². The van der Waals surface area contributed by atoms with Crippen molar-refractivity contribution >= 4 is 27.6 Å². The van der Waals surface area contributed by atoms with Crippen molar-refractivity contribution in [2.45, 2.75) is 19.9 Å². The van der Waals surface area contributed by atoms with Gasteiger partial charge in [0.05, 0.1) is 17.1 Å². The van der Waals surface area contributed by atoms with Gasteiger partial charge >= 0.3 is 0 Å². The molecule has 28 heavy (non-hydrogen) atoms. The van der Waals surface area contributed by atoms with E-state index in [0.717, 1.165) is 39.1 Å². The molecule has 0 unspecified atom stereocenters. The first-order valence-electron chi connectivity index (χ1n) is 9.31. The lowest BCUT2D eigenvalue weighted by Gasteiger charge is -2.10. The van der Waals surface area contributed by atoms with Crippen LogP contribution in [0.15, 0.2) is 61.1 Å². The zero-order valence-corrected chi connectivity index (χ0v) is 15.7. The van der Waals surface area contributed by atoms with Crippen LogP contribution in [0.3, 0.4) is 0 Å². The summed E-state index contributed by atoms with van der Waals surface area (Å²) in [7, 11) is 0. The van der Waals surface area contributed by atoms with Gasteiger partial charge in [0.15, 0.2) is 5.65 Å². The Morgan fingerprint density at radius 2 is 1.82 bits per heavy atom. The fourth-order valence-electron chi connectivity index (χ4n) is 3.48. The lowest BCUT2D eigenvalue weighted by molar-refractivity contribution is 0.898. The van der Waals surface area contributed by atoms with E-state index in [2.05, 4.69) is 74.6 Å². The fourth-order valence-corrected chi connectivity index (χ4v) is 3.48. The second kappa shape index (κ2) is 6.49. The standard InChI is InChI=1S/C22H20N6/c1-13(2)25-17-7-15(10-23-12-17)16-8-18-21(27-28-22(18)24-11-16)20-9-14-5-3-4-6-19(14)26-20/h3-13,25-26H,1-2H3,(H,24,27,28). The van der Waals surface area contributed by atoms with Crippen molar-refractivity contribution in [3.8, 4) is 22.5 Å². The van der Waals surface area contributed by atoms with Gasteiger partial charge in [0, 0.05) is 52.0 Å². The summed E-state index contributed by atoms with van der Waals surface area (Å²) in [5.41, 5.74) is 6.74. The Balaban J connectivity index is 1.60. The quantitative estimate of drug-likeness (QED) is 0.417. The molecule has 0 spiro atoms. The summed E-state index contributed by atoms with van der Waals surface area (Å²) in [6, 6.07) is 14.9. The van der Waals surface area contributed by atoms with E-state index in [1.165, 1.54) is 5.39 Å². The smallest absolute Gasteiger partial charge is 0.181 e. The molecule has 5 rings (SSSR count). The largest absolute Gasteiger partial charge is 0.382 e. The van der Waals surface area contributed by atoms with Gasteiger partial charge in [0.25, 0.3) is 0 Å². The number of nitrogens with one attached hydrogen (secondary N) is 3. The highest BCUT2D eigenvalue weighted by molar-refractivity contribution is 5.96. The molecule has 0 saturated carbocycles. The fraction of sp³-hybridized carbons (Fsp3) is 0.136. The molecule has 6 nitrogen and oxygen atoms in total. The summed E-state index contributed by atoms with van der Waals surface area (Å²) < 4.78 is 0. The maximum atomic E-state index is 4.54. The molecule has 0 fully saturated rings. The number of para-hydroxylation sites is 1. The number of aromatic nitrogens is 5. The molecule has 0 amide bonds. The molecule has 0 aliphatic rings. The van der Waals surface area contributed by atoms with Crippen molar-refractivity contribution < 1.29 is 0 Å². The van der Waals surface area contributed by atoms with Crippen molar-refractivity contribution in [3.05, 3.63) is 61.1 Å². The highest BCUT2D eigenvalue weighted by Crippen LogP contribution is 2.31. The first kappa shape index (κ1) is 16.5. The van der Waals surface area contributed by atoms with Crippen LogP contribution in [-0.4, -0.2) is 31.2 Å². The third-order valence-corrected chi connectivity index (χ3v) is 4.74. The third-order valence-electron chi connectivity index (χ3n) is 4.74. The van der Waals surface area contributed by atoms with Gasteiger partial charge in [-0.05, 0) is 38.1 Å². The number of aromatic amines is 2. The molecular weight excluding hydrogens is 348 g/mol. The average molecular weight is 368 g/mol. The zero-order valence-electron chi connectivity index (χ0n) is 15.7. The lowest BCUT2D eigenvalue weighted by atomic mass is 10.1. The van der Waals surface area contributed by atoms with Crippen LogP contribution in [0.25, 0.3) is 44.5 Å². The summed E-state index contributed by atoms with van der Waals surface area (Å²) in [4.78, 5) is 12.4. The van der Waals surface area contributed by atoms with Crippen LogP contribution in [0.1, 0.15) is 13.8 Å². The summed E-state index contributed by atoms with van der Waals surface area (Å²) in [6.07, 6.45) is 5.54. The van der Waals surface area contributed by atoms with Gasteiger partial charge in [0.2, 0.25) is 0 Å². The second-order valence-corrected chi connectivity index (χ2v) is 7.23. The molecule has 6 heteroatoms. The van der Waals surface area contributed by atoms with Crippen LogP contribution in [0, 0.1) is 0 Å². The highest BCUT2D eigenvalue weighted by atomic mass is 15.2. The Labute approximate surface area is 162 Å². The molecule has 138 valence electrons. The monoisotopic (exact) mass is 368 g/mol. The number of H-pyrrole nitrogens is 2. The molecule has 1 aromatic carbocycles. The van der Waals surface area contributed by atoms with Crippen LogP contribution in [0.5, 0.6) is 0 Å². The third kappa shape index (κ3) is 2.89. The number of rotatable bonds is 4. The van der Waals surface area contributed by atoms with Crippen molar-refractivity contribution in [3.63, 3.8) is 0 Å². The molecule has 4 heterocycles. The minimum atomic E-state index is 0.347. The van der Waals surface area contributed by atoms with Gasteiger partial charge < -0.3 is 10.3 Å². The van der Waals surface area contributed by atoms with Gasteiger partial charge in [-0.25, -0.2) is 4.98 Å². The van der Waals surface area contributed by atoms with Crippen LogP contribution in [-0.2, 0) is 0 Å². The molecule has 0 atom stereocenters. The maximum absolute atomic E-state index is 4.54. The van der Waals surface area contributed by atoms with Gasteiger partial charge in [-0.2, -0.15) is 5.10 Å². The number of benzene rings is 1. The number of fused-ring (bicyclic) bond motifs is 2. The van der Waals surface area contributed by atoms with E-state index in [0.29, 0.717) is 11.7 Å². The predicted octanol–water partition coefficient (Wildman–Crippen LogP) is 4.99. The zero-order chi connectivity index (χ0) is 19.1. The minimum absolute atomic E-state index is 0.347. The van der Waals surface area contributed by atoms with E-state index in [-0.39, 0.29) is 0 Å². The van der Waals surface area contributed by atoms with E-state index in [9.17, 15) is 0 Å². The topological polar surface area (TPSA) is 82.3 Å². The van der Waals surface area contributed by atoms with E-state index >= 15 is 0 Å². The molecular formula is C22H20N6. The molecule has 0 aliphatic carbocycles. The van der Waals surface area contributed by atoms with Crippen LogP contribution < -0.4 is 5.32 Å². The Morgan fingerprint density at radius 1 is 0.964 bits per heavy atom. The number of pyridine rings is 2. The lowest BCUT2D eigenvalue weighted by Crippen LogP contribution is -2.09. The highest BCUT2D eigenvalue weighted by Gasteiger charge is 2.13. The molecule has 0 saturated heterocycles. The second-order valence-electron chi connectivity index (χ2n) is 7.23. The molecule has 4 aromatic heterocycles. The molecule has 0 bridgehead atoms. The Kier molecular flexibility index (Phi) is 3.83. The van der Waals surface area contributed by atoms with E-state index in [4.69, 9.17) is 0 Å². The molecule has 0 radical (unpaired) electrons. The summed E-state index contributed by atoms with van der Waals surface area (Å²) in [5, 5.41) is 13.0. The van der Waals surface area contributed by atoms with Crippen molar-refractivity contribution in [1.29, 1.82) is 0 Å². The summed E-state index contributed by atoms with van der Waals surface area (Å²) in [5.74, 6) is 0. The number of anilines is 1. The van der Waals surface area contributed by atoms with Crippen LogP contribution in [0.4, 0.5) is 5.69 Å². The Bertz CT molecular complexity index is 1250. The minimum Gasteiger partial charge on any atom is -0.382 e. The maximum Gasteiger partial charge on any atom is 0.181 e. The number of hydrogen-bond donors (Lipinski definition) is 3. The Morgan fingerprint density at radius 3 is 2.68 bits per heavy atom. The summed E-state index contributed by atoms with van der Waals surface area (Å²) in [6.45, 7) is 4.22. The van der Waals surface area contributed by atoms with Crippen molar-refractivity contribution in [2.24, 2.45) is 0 Å². The first-order chi connectivity index (χ1) is 13.7. The summed E-state index contributed by atoms with van der Waals surface area (Å²) >= 11 is 0. The molecule has 3 N–H and O–H groups in total. The number of hydrogen-bond acceptors (Lipinski definition) is 4. The van der Waals surface area contributed by atoms with E-state index in [1.54, 1.807) is 0 Å². The average Bonchev–Trinajstić information content (AvgIpc) is 3.30. The van der Waals surface area contributed by atoms with Gasteiger partial charge in [0.1, 0.15) is 0 Å². The Hall–Kier alpha value is -3.67. The van der Waals surface area contributed by atoms with Crippen molar-refractivity contribution in [1.82, 2.24) is 25.1 Å². The van der Waals surface area contributed by atoms with Crippen LogP contribution >= 0.6 is 0 Å². The van der Waals surface area contributed by atoms with E-state index < -0.39 is 0 Å². The normalized spacial score (nSPS) is 11.5. The van der Waals surface area contributed by atoms with Gasteiger partial charge in [-0.1, -0.05) is 18.2 Å². The van der Waals surface area contributed by atoms with Crippen molar-refractivity contribution in [2.75, 3.05) is 5.32 Å². The van der Waals surface area contributed by atoms with Crippen LogP contribution in [0.2, 0.25) is 0 Å². The molecule has 0 aliphatic heterocycles. The number of nitrogens with zero attached hydrogens (tertiary/aromatic N) is 3. The predicted molar refractivity (Wildman–Crippen MR) is 113 cm³/mol. The first-order valence-corrected chi connectivity index (χ1v) is 9.31. The SMILES string of the molecule is CC(C)Nc1cncc(-c2cnc3n[nH]c(-c4cc5ccccc5[nH]4)c3c2)c1. The molecule has 5 aromatic rings. The van der Waals surface area contributed by atoms with Gasteiger partial charge in [-0.15, -0.1) is 0 Å².